The van der Waals surface area contributed by atoms with Gasteiger partial charge in [-0.15, -0.1) is 0 Å². The molecular formula is C13H17ClN2O2. The van der Waals surface area contributed by atoms with Crippen LogP contribution < -0.4 is 10.6 Å². The fraction of sp³-hybridized carbons (Fsp3) is 0.462. The molecule has 0 aromatic heterocycles. The van der Waals surface area contributed by atoms with Crippen molar-refractivity contribution in [2.24, 2.45) is 0 Å². The number of aromatic carboxylic acids is 1. The van der Waals surface area contributed by atoms with Crippen molar-refractivity contribution >= 4 is 23.3 Å². The van der Waals surface area contributed by atoms with Gasteiger partial charge in [-0.2, -0.15) is 0 Å². The molecule has 1 fully saturated rings. The predicted molar refractivity (Wildman–Crippen MR) is 72.5 cm³/mol. The van der Waals surface area contributed by atoms with E-state index in [1.54, 1.807) is 12.1 Å². The van der Waals surface area contributed by atoms with Crippen LogP contribution in [0, 0.1) is 0 Å². The summed E-state index contributed by atoms with van der Waals surface area (Å²) >= 11 is 5.84. The summed E-state index contributed by atoms with van der Waals surface area (Å²) in [5.74, 6) is -0.994. The second-order valence-electron chi connectivity index (χ2n) is 4.52. The Hall–Kier alpha value is -1.26. The standard InChI is InChI=1S/C13H17ClN2O2/c14-12-4-3-10(8-11(12)13(17)18)16-9-2-1-6-15-7-5-9/h3-4,8-9,15-16H,1-2,5-7H2,(H,17,18). The summed E-state index contributed by atoms with van der Waals surface area (Å²) in [6.07, 6.45) is 3.28. The minimum absolute atomic E-state index is 0.147. The van der Waals surface area contributed by atoms with Crippen LogP contribution in [0.1, 0.15) is 29.6 Å². The molecule has 98 valence electrons. The van der Waals surface area contributed by atoms with Gasteiger partial charge in [0.1, 0.15) is 0 Å². The summed E-state index contributed by atoms with van der Waals surface area (Å²) in [4.78, 5) is 11.0. The number of carboxylic acid groups (broad SMARTS) is 1. The van der Waals surface area contributed by atoms with E-state index in [0.717, 1.165) is 38.0 Å². The van der Waals surface area contributed by atoms with E-state index in [1.807, 2.05) is 6.07 Å². The van der Waals surface area contributed by atoms with E-state index in [1.165, 1.54) is 0 Å². The maximum absolute atomic E-state index is 11.0. The third kappa shape index (κ3) is 3.37. The zero-order valence-corrected chi connectivity index (χ0v) is 10.8. The van der Waals surface area contributed by atoms with Crippen LogP contribution in [-0.2, 0) is 0 Å². The number of benzene rings is 1. The van der Waals surface area contributed by atoms with Crippen molar-refractivity contribution in [1.82, 2.24) is 5.32 Å². The number of carboxylic acids is 1. The van der Waals surface area contributed by atoms with E-state index in [2.05, 4.69) is 10.6 Å². The van der Waals surface area contributed by atoms with Crippen LogP contribution >= 0.6 is 11.6 Å². The van der Waals surface area contributed by atoms with Crippen molar-refractivity contribution < 1.29 is 9.90 Å². The molecule has 1 heterocycles. The number of hydrogen-bond acceptors (Lipinski definition) is 3. The van der Waals surface area contributed by atoms with Crippen molar-refractivity contribution in [2.75, 3.05) is 18.4 Å². The van der Waals surface area contributed by atoms with Crippen LogP contribution in [0.5, 0.6) is 0 Å². The largest absolute Gasteiger partial charge is 0.478 e. The van der Waals surface area contributed by atoms with Gasteiger partial charge >= 0.3 is 5.97 Å². The third-order valence-electron chi connectivity index (χ3n) is 3.14. The minimum atomic E-state index is -0.994. The van der Waals surface area contributed by atoms with Crippen LogP contribution in [0.4, 0.5) is 5.69 Å². The number of hydrogen-bond donors (Lipinski definition) is 3. The highest BCUT2D eigenvalue weighted by Crippen LogP contribution is 2.22. The molecule has 1 atom stereocenters. The van der Waals surface area contributed by atoms with E-state index < -0.39 is 5.97 Å². The number of nitrogens with one attached hydrogen (secondary N) is 2. The molecule has 1 unspecified atom stereocenters. The second kappa shape index (κ2) is 6.07. The molecule has 0 spiro atoms. The normalized spacial score (nSPS) is 20.2. The number of anilines is 1. The number of carbonyl (C=O) groups is 1. The van der Waals surface area contributed by atoms with Crippen molar-refractivity contribution in [3.05, 3.63) is 28.8 Å². The molecule has 1 saturated heterocycles. The molecule has 1 aromatic carbocycles. The number of rotatable bonds is 3. The molecule has 2 rings (SSSR count). The van der Waals surface area contributed by atoms with Gasteiger partial charge in [0.2, 0.25) is 0 Å². The Morgan fingerprint density at radius 3 is 3.00 bits per heavy atom. The summed E-state index contributed by atoms with van der Waals surface area (Å²) in [5.41, 5.74) is 0.970. The zero-order valence-electron chi connectivity index (χ0n) is 10.1. The second-order valence-corrected chi connectivity index (χ2v) is 4.93. The van der Waals surface area contributed by atoms with E-state index >= 15 is 0 Å². The van der Waals surface area contributed by atoms with Gasteiger partial charge in [-0.1, -0.05) is 11.6 Å². The Labute approximate surface area is 111 Å². The highest BCUT2D eigenvalue weighted by molar-refractivity contribution is 6.33. The maximum atomic E-state index is 11.0. The molecule has 18 heavy (non-hydrogen) atoms. The fourth-order valence-corrected chi connectivity index (χ4v) is 2.38. The third-order valence-corrected chi connectivity index (χ3v) is 3.47. The van der Waals surface area contributed by atoms with E-state index in [9.17, 15) is 4.79 Å². The summed E-state index contributed by atoms with van der Waals surface area (Å²) in [6, 6.07) is 5.45. The lowest BCUT2D eigenvalue weighted by Gasteiger charge is -2.17. The first-order valence-electron chi connectivity index (χ1n) is 6.17. The lowest BCUT2D eigenvalue weighted by molar-refractivity contribution is 0.0697. The van der Waals surface area contributed by atoms with Crippen molar-refractivity contribution in [3.8, 4) is 0 Å². The van der Waals surface area contributed by atoms with Gasteiger partial charge in [0.05, 0.1) is 10.6 Å². The molecule has 1 aromatic rings. The summed E-state index contributed by atoms with van der Waals surface area (Å²) in [6.45, 7) is 2.05. The SMILES string of the molecule is O=C(O)c1cc(NC2CCCNCC2)ccc1Cl. The smallest absolute Gasteiger partial charge is 0.337 e. The predicted octanol–water partition coefficient (Wildman–Crippen LogP) is 2.59. The molecule has 5 heteroatoms. The first-order chi connectivity index (χ1) is 8.66. The van der Waals surface area contributed by atoms with Crippen LogP contribution in [-0.4, -0.2) is 30.2 Å². The van der Waals surface area contributed by atoms with Gasteiger partial charge in [-0.05, 0) is 50.6 Å². The van der Waals surface area contributed by atoms with Gasteiger partial charge in [-0.25, -0.2) is 4.79 Å². The summed E-state index contributed by atoms with van der Waals surface area (Å²) in [5, 5.41) is 16.0. The molecule has 0 radical (unpaired) electrons. The molecule has 1 aliphatic heterocycles. The molecule has 1 aliphatic rings. The highest BCUT2D eigenvalue weighted by Gasteiger charge is 2.14. The Kier molecular flexibility index (Phi) is 4.44. The van der Waals surface area contributed by atoms with Gasteiger partial charge in [0.25, 0.3) is 0 Å². The Bertz CT molecular complexity index is 429. The quantitative estimate of drug-likeness (QED) is 0.789. The van der Waals surface area contributed by atoms with Crippen molar-refractivity contribution in [3.63, 3.8) is 0 Å². The lowest BCUT2D eigenvalue weighted by atomic mass is 10.1. The molecule has 0 amide bonds. The van der Waals surface area contributed by atoms with E-state index in [-0.39, 0.29) is 10.6 Å². The maximum Gasteiger partial charge on any atom is 0.337 e. The van der Waals surface area contributed by atoms with Crippen LogP contribution in [0.15, 0.2) is 18.2 Å². The monoisotopic (exact) mass is 268 g/mol. The Morgan fingerprint density at radius 2 is 2.22 bits per heavy atom. The lowest BCUT2D eigenvalue weighted by Crippen LogP contribution is -2.21. The highest BCUT2D eigenvalue weighted by atomic mass is 35.5. The zero-order chi connectivity index (χ0) is 13.0. The molecule has 4 nitrogen and oxygen atoms in total. The average molecular weight is 269 g/mol. The molecular weight excluding hydrogens is 252 g/mol. The first-order valence-corrected chi connectivity index (χ1v) is 6.54. The first kappa shape index (κ1) is 13.2. The topological polar surface area (TPSA) is 61.4 Å². The molecule has 0 aliphatic carbocycles. The van der Waals surface area contributed by atoms with Gasteiger partial charge in [0.15, 0.2) is 0 Å². The van der Waals surface area contributed by atoms with Crippen molar-refractivity contribution in [1.29, 1.82) is 0 Å². The fourth-order valence-electron chi connectivity index (χ4n) is 2.18. The summed E-state index contributed by atoms with van der Waals surface area (Å²) < 4.78 is 0. The van der Waals surface area contributed by atoms with Gasteiger partial charge in [-0.3, -0.25) is 0 Å². The van der Waals surface area contributed by atoms with Crippen LogP contribution in [0.3, 0.4) is 0 Å². The van der Waals surface area contributed by atoms with Gasteiger partial charge in [0, 0.05) is 11.7 Å². The van der Waals surface area contributed by atoms with Gasteiger partial charge < -0.3 is 15.7 Å². The average Bonchev–Trinajstić information content (AvgIpc) is 2.60. The molecule has 3 N–H and O–H groups in total. The Balaban J connectivity index is 2.08. The molecule has 0 saturated carbocycles. The van der Waals surface area contributed by atoms with Crippen LogP contribution in [0.2, 0.25) is 5.02 Å². The Morgan fingerprint density at radius 1 is 1.39 bits per heavy atom. The van der Waals surface area contributed by atoms with Crippen LogP contribution in [0.25, 0.3) is 0 Å². The van der Waals surface area contributed by atoms with E-state index in [0.29, 0.717) is 6.04 Å². The number of halogens is 1. The van der Waals surface area contributed by atoms with E-state index in [4.69, 9.17) is 16.7 Å². The van der Waals surface area contributed by atoms with Crippen molar-refractivity contribution in [2.45, 2.75) is 25.3 Å². The summed E-state index contributed by atoms with van der Waals surface area (Å²) in [7, 11) is 0. The minimum Gasteiger partial charge on any atom is -0.478 e. The molecule has 0 bridgehead atoms.